The molecule has 1 aliphatic heterocycles. The molecule has 6 nitrogen and oxygen atoms in total. The molecule has 0 spiro atoms. The van der Waals surface area contributed by atoms with E-state index in [4.69, 9.17) is 17.0 Å². The minimum Gasteiger partial charge on any atom is -0.497 e. The number of carbonyl (C=O) groups is 2. The molecule has 2 amide bonds. The van der Waals surface area contributed by atoms with Crippen molar-refractivity contribution in [3.63, 3.8) is 0 Å². The van der Waals surface area contributed by atoms with E-state index in [9.17, 15) is 14.0 Å². The topological polar surface area (TPSA) is 61.9 Å². The predicted molar refractivity (Wildman–Crippen MR) is 107 cm³/mol. The first-order chi connectivity index (χ1) is 13.4. The molecular weight excluding hydrogens is 381 g/mol. The molecular formula is C20H20FN3O3S. The van der Waals surface area contributed by atoms with Crippen LogP contribution in [0, 0.1) is 5.82 Å². The van der Waals surface area contributed by atoms with Gasteiger partial charge in [-0.25, -0.2) is 4.39 Å². The zero-order valence-electron chi connectivity index (χ0n) is 15.5. The molecule has 146 valence electrons. The number of thiocarbonyl (C=S) groups is 1. The summed E-state index contributed by atoms with van der Waals surface area (Å²) >= 11 is 5.39. The van der Waals surface area contributed by atoms with Gasteiger partial charge < -0.3 is 15.0 Å². The molecule has 8 heteroatoms. The van der Waals surface area contributed by atoms with Crippen molar-refractivity contribution in [1.29, 1.82) is 0 Å². The SMILES string of the molecule is COc1ccc(CN2C(=S)N(C)C(=O)[C@@H]2CC(=O)Nc2ccc(F)cc2)cc1. The molecule has 0 saturated carbocycles. The highest BCUT2D eigenvalue weighted by Gasteiger charge is 2.41. The molecule has 0 radical (unpaired) electrons. The van der Waals surface area contributed by atoms with Crippen LogP contribution in [-0.4, -0.2) is 46.9 Å². The van der Waals surface area contributed by atoms with Crippen molar-refractivity contribution in [3.05, 3.63) is 59.9 Å². The number of halogens is 1. The van der Waals surface area contributed by atoms with Gasteiger partial charge in [-0.3, -0.25) is 14.5 Å². The summed E-state index contributed by atoms with van der Waals surface area (Å²) in [4.78, 5) is 28.2. The Morgan fingerprint density at radius 2 is 1.82 bits per heavy atom. The molecule has 0 unspecified atom stereocenters. The fraction of sp³-hybridized carbons (Fsp3) is 0.250. The highest BCUT2D eigenvalue weighted by molar-refractivity contribution is 7.80. The molecule has 1 heterocycles. The Morgan fingerprint density at radius 3 is 2.43 bits per heavy atom. The van der Waals surface area contributed by atoms with E-state index in [1.165, 1.54) is 29.2 Å². The number of methoxy groups -OCH3 is 1. The largest absolute Gasteiger partial charge is 0.497 e. The molecule has 2 aromatic rings. The average molecular weight is 401 g/mol. The van der Waals surface area contributed by atoms with Crippen molar-refractivity contribution in [2.75, 3.05) is 19.5 Å². The van der Waals surface area contributed by atoms with Crippen LogP contribution in [0.3, 0.4) is 0 Å². The maximum absolute atomic E-state index is 13.0. The van der Waals surface area contributed by atoms with E-state index >= 15 is 0 Å². The van der Waals surface area contributed by atoms with E-state index in [0.717, 1.165) is 11.3 Å². The Labute approximate surface area is 167 Å². The van der Waals surface area contributed by atoms with Gasteiger partial charge in [0.05, 0.1) is 13.5 Å². The lowest BCUT2D eigenvalue weighted by atomic mass is 10.1. The zero-order chi connectivity index (χ0) is 20.3. The highest BCUT2D eigenvalue weighted by Crippen LogP contribution is 2.23. The van der Waals surface area contributed by atoms with E-state index in [0.29, 0.717) is 17.3 Å². The molecule has 0 aromatic heterocycles. The number of anilines is 1. The van der Waals surface area contributed by atoms with Gasteiger partial charge in [-0.05, 0) is 54.2 Å². The number of nitrogens with zero attached hydrogens (tertiary/aromatic N) is 2. The smallest absolute Gasteiger partial charge is 0.251 e. The van der Waals surface area contributed by atoms with E-state index in [-0.39, 0.29) is 24.1 Å². The first kappa shape index (κ1) is 19.8. The standard InChI is InChI=1S/C20H20FN3O3S/c1-23-19(26)17(11-18(25)22-15-7-5-14(21)6-8-15)24(20(23)28)12-13-3-9-16(27-2)10-4-13/h3-10,17H,11-12H2,1-2H3,(H,22,25)/t17-/m0/s1. The van der Waals surface area contributed by atoms with Crippen molar-refractivity contribution < 1.29 is 18.7 Å². The zero-order valence-corrected chi connectivity index (χ0v) is 16.3. The minimum absolute atomic E-state index is 0.0587. The lowest BCUT2D eigenvalue weighted by Crippen LogP contribution is -2.37. The van der Waals surface area contributed by atoms with Gasteiger partial charge in [-0.15, -0.1) is 0 Å². The van der Waals surface area contributed by atoms with E-state index in [1.807, 2.05) is 24.3 Å². The summed E-state index contributed by atoms with van der Waals surface area (Å²) < 4.78 is 18.2. The Morgan fingerprint density at radius 1 is 1.18 bits per heavy atom. The van der Waals surface area contributed by atoms with Crippen molar-refractivity contribution in [2.45, 2.75) is 19.0 Å². The Kier molecular flexibility index (Phi) is 5.89. The predicted octanol–water partition coefficient (Wildman–Crippen LogP) is 2.79. The third kappa shape index (κ3) is 4.28. The van der Waals surface area contributed by atoms with Gasteiger partial charge in [0.2, 0.25) is 5.91 Å². The number of hydrogen-bond donors (Lipinski definition) is 1. The second kappa shape index (κ2) is 8.35. The molecule has 1 saturated heterocycles. The molecule has 28 heavy (non-hydrogen) atoms. The summed E-state index contributed by atoms with van der Waals surface area (Å²) in [5.74, 6) is -0.228. The van der Waals surface area contributed by atoms with Gasteiger partial charge in [0.1, 0.15) is 17.6 Å². The van der Waals surface area contributed by atoms with Crippen LogP contribution in [0.25, 0.3) is 0 Å². The molecule has 2 aromatic carbocycles. The number of carbonyl (C=O) groups excluding carboxylic acids is 2. The number of likely N-dealkylation sites (N-methyl/N-ethyl adjacent to an activating group) is 1. The van der Waals surface area contributed by atoms with Crippen LogP contribution in [0.2, 0.25) is 0 Å². The third-order valence-corrected chi connectivity index (χ3v) is 5.05. The van der Waals surface area contributed by atoms with Gasteiger partial charge in [0.25, 0.3) is 5.91 Å². The van der Waals surface area contributed by atoms with Crippen molar-refractivity contribution in [1.82, 2.24) is 9.80 Å². The quantitative estimate of drug-likeness (QED) is 0.755. The van der Waals surface area contributed by atoms with Crippen LogP contribution < -0.4 is 10.1 Å². The van der Waals surface area contributed by atoms with Crippen LogP contribution in [0.5, 0.6) is 5.75 Å². The number of nitrogens with one attached hydrogen (secondary N) is 1. The summed E-state index contributed by atoms with van der Waals surface area (Å²) in [6.07, 6.45) is -0.0587. The second-order valence-electron chi connectivity index (χ2n) is 6.43. The van der Waals surface area contributed by atoms with Gasteiger partial charge in [0.15, 0.2) is 5.11 Å². The van der Waals surface area contributed by atoms with Gasteiger partial charge in [-0.2, -0.15) is 0 Å². The van der Waals surface area contributed by atoms with Crippen LogP contribution in [-0.2, 0) is 16.1 Å². The maximum atomic E-state index is 13.0. The minimum atomic E-state index is -0.694. The molecule has 1 aliphatic rings. The fourth-order valence-electron chi connectivity index (χ4n) is 3.00. The summed E-state index contributed by atoms with van der Waals surface area (Å²) in [6, 6.07) is 12.2. The number of hydrogen-bond acceptors (Lipinski definition) is 4. The average Bonchev–Trinajstić information content (AvgIpc) is 2.88. The Hall–Kier alpha value is -3.00. The van der Waals surface area contributed by atoms with E-state index in [1.54, 1.807) is 19.1 Å². The van der Waals surface area contributed by atoms with Crippen LogP contribution in [0.15, 0.2) is 48.5 Å². The first-order valence-corrected chi connectivity index (χ1v) is 9.06. The van der Waals surface area contributed by atoms with Crippen molar-refractivity contribution in [2.24, 2.45) is 0 Å². The summed E-state index contributed by atoms with van der Waals surface area (Å²) in [5, 5.41) is 3.06. The molecule has 3 rings (SSSR count). The van der Waals surface area contributed by atoms with Crippen LogP contribution in [0.4, 0.5) is 10.1 Å². The van der Waals surface area contributed by atoms with Crippen LogP contribution in [0.1, 0.15) is 12.0 Å². The number of amides is 2. The van der Waals surface area contributed by atoms with Gasteiger partial charge >= 0.3 is 0 Å². The highest BCUT2D eigenvalue weighted by atomic mass is 32.1. The Bertz CT molecular complexity index is 887. The number of rotatable bonds is 6. The van der Waals surface area contributed by atoms with Gasteiger partial charge in [-0.1, -0.05) is 12.1 Å². The summed E-state index contributed by atoms with van der Waals surface area (Å²) in [6.45, 7) is 0.396. The number of ether oxygens (including phenoxy) is 1. The molecule has 1 N–H and O–H groups in total. The lowest BCUT2D eigenvalue weighted by molar-refractivity contribution is -0.130. The monoisotopic (exact) mass is 401 g/mol. The van der Waals surface area contributed by atoms with Crippen molar-refractivity contribution >= 4 is 34.8 Å². The Balaban J connectivity index is 1.72. The third-order valence-electron chi connectivity index (χ3n) is 4.54. The molecule has 1 atom stereocenters. The summed E-state index contributed by atoms with van der Waals surface area (Å²) in [5.41, 5.74) is 1.41. The normalized spacial score (nSPS) is 16.5. The molecule has 0 bridgehead atoms. The fourth-order valence-corrected chi connectivity index (χ4v) is 3.28. The van der Waals surface area contributed by atoms with Crippen molar-refractivity contribution in [3.8, 4) is 5.75 Å². The lowest BCUT2D eigenvalue weighted by Gasteiger charge is -2.23. The first-order valence-electron chi connectivity index (χ1n) is 8.65. The second-order valence-corrected chi connectivity index (χ2v) is 6.80. The van der Waals surface area contributed by atoms with E-state index < -0.39 is 6.04 Å². The maximum Gasteiger partial charge on any atom is 0.251 e. The number of benzene rings is 2. The molecule has 0 aliphatic carbocycles. The van der Waals surface area contributed by atoms with Crippen LogP contribution >= 0.6 is 12.2 Å². The summed E-state index contributed by atoms with van der Waals surface area (Å²) in [7, 11) is 3.19. The molecule has 1 fully saturated rings. The van der Waals surface area contributed by atoms with E-state index in [2.05, 4.69) is 5.32 Å². The van der Waals surface area contributed by atoms with Gasteiger partial charge in [0, 0.05) is 19.3 Å².